The summed E-state index contributed by atoms with van der Waals surface area (Å²) in [5.41, 5.74) is 0.576. The maximum Gasteiger partial charge on any atom is 0.140 e. The Balaban J connectivity index is 2.18. The third-order valence-corrected chi connectivity index (χ3v) is 3.95. The van der Waals surface area contributed by atoms with Crippen LogP contribution < -0.4 is 5.32 Å². The molecule has 0 fully saturated rings. The third kappa shape index (κ3) is 4.66. The average Bonchev–Trinajstić information content (AvgIpc) is 2.42. The van der Waals surface area contributed by atoms with Crippen molar-refractivity contribution in [3.8, 4) is 0 Å². The second-order valence-electron chi connectivity index (χ2n) is 4.84. The SMILES string of the molecule is CC(C)NCc1cc(F)c(Sc2ccc(Cl)cn2)c(F)c1. The molecule has 0 aliphatic heterocycles. The van der Waals surface area contributed by atoms with Crippen LogP contribution in [0.2, 0.25) is 5.02 Å². The highest BCUT2D eigenvalue weighted by Gasteiger charge is 2.13. The Morgan fingerprint density at radius 1 is 1.24 bits per heavy atom. The lowest BCUT2D eigenvalue weighted by Gasteiger charge is -2.10. The van der Waals surface area contributed by atoms with E-state index in [2.05, 4.69) is 10.3 Å². The van der Waals surface area contributed by atoms with Gasteiger partial charge in [0.25, 0.3) is 0 Å². The minimum atomic E-state index is -0.586. The van der Waals surface area contributed by atoms with E-state index < -0.39 is 11.6 Å². The van der Waals surface area contributed by atoms with Crippen molar-refractivity contribution in [1.29, 1.82) is 0 Å². The van der Waals surface area contributed by atoms with Gasteiger partial charge < -0.3 is 5.32 Å². The van der Waals surface area contributed by atoms with Crippen LogP contribution in [0.1, 0.15) is 19.4 Å². The number of rotatable bonds is 5. The largest absolute Gasteiger partial charge is 0.310 e. The highest BCUT2D eigenvalue weighted by Crippen LogP contribution is 2.32. The molecule has 0 aliphatic rings. The zero-order valence-corrected chi connectivity index (χ0v) is 13.2. The fourth-order valence-corrected chi connectivity index (χ4v) is 2.54. The molecule has 0 radical (unpaired) electrons. The maximum absolute atomic E-state index is 14.1. The van der Waals surface area contributed by atoms with E-state index in [1.165, 1.54) is 18.3 Å². The topological polar surface area (TPSA) is 24.9 Å². The van der Waals surface area contributed by atoms with Gasteiger partial charge in [-0.2, -0.15) is 0 Å². The lowest BCUT2D eigenvalue weighted by Crippen LogP contribution is -2.22. The summed E-state index contributed by atoms with van der Waals surface area (Å²) in [5.74, 6) is -1.17. The van der Waals surface area contributed by atoms with E-state index >= 15 is 0 Å². The number of nitrogens with zero attached hydrogens (tertiary/aromatic N) is 1. The van der Waals surface area contributed by atoms with E-state index in [0.29, 0.717) is 22.2 Å². The van der Waals surface area contributed by atoms with Crippen LogP contribution in [0.3, 0.4) is 0 Å². The quantitative estimate of drug-likeness (QED) is 0.864. The van der Waals surface area contributed by atoms with Crippen LogP contribution in [0.5, 0.6) is 0 Å². The summed E-state index contributed by atoms with van der Waals surface area (Å²) in [7, 11) is 0. The summed E-state index contributed by atoms with van der Waals surface area (Å²) in [6, 6.07) is 6.20. The van der Waals surface area contributed by atoms with Crippen molar-refractivity contribution in [2.24, 2.45) is 0 Å². The van der Waals surface area contributed by atoms with Gasteiger partial charge in [0.05, 0.1) is 9.92 Å². The monoisotopic (exact) mass is 328 g/mol. The Bertz CT molecular complexity index is 595. The van der Waals surface area contributed by atoms with E-state index in [4.69, 9.17) is 11.6 Å². The lowest BCUT2D eigenvalue weighted by molar-refractivity contribution is 0.529. The number of halogens is 3. The smallest absolute Gasteiger partial charge is 0.140 e. The molecule has 0 saturated carbocycles. The number of aromatic nitrogens is 1. The molecule has 21 heavy (non-hydrogen) atoms. The summed E-state index contributed by atoms with van der Waals surface area (Å²) >= 11 is 6.67. The van der Waals surface area contributed by atoms with Gasteiger partial charge in [0.1, 0.15) is 16.7 Å². The molecule has 1 heterocycles. The van der Waals surface area contributed by atoms with Crippen molar-refractivity contribution in [1.82, 2.24) is 10.3 Å². The molecule has 0 atom stereocenters. The first-order valence-corrected chi connectivity index (χ1v) is 7.66. The van der Waals surface area contributed by atoms with E-state index in [0.717, 1.165) is 11.8 Å². The first kappa shape index (κ1) is 16.2. The molecule has 0 bridgehead atoms. The molecule has 2 rings (SSSR count). The molecule has 2 nitrogen and oxygen atoms in total. The van der Waals surface area contributed by atoms with Crippen LogP contribution in [0.4, 0.5) is 8.78 Å². The first-order chi connectivity index (χ1) is 9.95. The Labute approximate surface area is 131 Å². The van der Waals surface area contributed by atoms with Gasteiger partial charge in [-0.25, -0.2) is 13.8 Å². The molecule has 0 amide bonds. The summed E-state index contributed by atoms with van der Waals surface area (Å²) in [6.45, 7) is 4.38. The fraction of sp³-hybridized carbons (Fsp3) is 0.267. The van der Waals surface area contributed by atoms with Crippen molar-refractivity contribution in [3.05, 3.63) is 52.7 Å². The second-order valence-corrected chi connectivity index (χ2v) is 6.31. The second kappa shape index (κ2) is 7.20. The standard InChI is InChI=1S/C15H15ClF2N2S/c1-9(2)19-7-10-5-12(17)15(13(18)6-10)21-14-4-3-11(16)8-20-14/h3-6,8-9,19H,7H2,1-2H3. The molecule has 112 valence electrons. The van der Waals surface area contributed by atoms with Crippen molar-refractivity contribution >= 4 is 23.4 Å². The normalized spacial score (nSPS) is 11.1. The van der Waals surface area contributed by atoms with Gasteiger partial charge in [-0.1, -0.05) is 37.2 Å². The average molecular weight is 329 g/mol. The van der Waals surface area contributed by atoms with Gasteiger partial charge in [-0.05, 0) is 29.8 Å². The number of pyridine rings is 1. The van der Waals surface area contributed by atoms with Crippen molar-refractivity contribution in [3.63, 3.8) is 0 Å². The Kier molecular flexibility index (Phi) is 5.56. The molecule has 2 aromatic rings. The van der Waals surface area contributed by atoms with Crippen LogP contribution in [-0.4, -0.2) is 11.0 Å². The van der Waals surface area contributed by atoms with Crippen LogP contribution >= 0.6 is 23.4 Å². The van der Waals surface area contributed by atoms with Gasteiger partial charge >= 0.3 is 0 Å². The van der Waals surface area contributed by atoms with Gasteiger partial charge in [0, 0.05) is 18.8 Å². The Hall–Kier alpha value is -1.17. The molecule has 1 aromatic heterocycles. The summed E-state index contributed by atoms with van der Waals surface area (Å²) < 4.78 is 28.1. The van der Waals surface area contributed by atoms with Crippen molar-refractivity contribution in [2.75, 3.05) is 0 Å². The Morgan fingerprint density at radius 3 is 2.43 bits per heavy atom. The fourth-order valence-electron chi connectivity index (χ4n) is 1.66. The first-order valence-electron chi connectivity index (χ1n) is 6.46. The predicted molar refractivity (Wildman–Crippen MR) is 81.7 cm³/mol. The maximum atomic E-state index is 14.1. The molecule has 0 aliphatic carbocycles. The zero-order chi connectivity index (χ0) is 15.4. The summed E-state index contributed by atoms with van der Waals surface area (Å²) in [6.07, 6.45) is 1.45. The molecular weight excluding hydrogens is 314 g/mol. The number of hydrogen-bond acceptors (Lipinski definition) is 3. The van der Waals surface area contributed by atoms with Crippen LogP contribution in [0.15, 0.2) is 40.4 Å². The van der Waals surface area contributed by atoms with Gasteiger partial charge in [0.2, 0.25) is 0 Å². The van der Waals surface area contributed by atoms with Gasteiger partial charge in [-0.3, -0.25) is 0 Å². The molecule has 0 saturated heterocycles. The van der Waals surface area contributed by atoms with E-state index in [1.54, 1.807) is 12.1 Å². The van der Waals surface area contributed by atoms with Crippen LogP contribution in [-0.2, 0) is 6.54 Å². The molecule has 0 spiro atoms. The minimum Gasteiger partial charge on any atom is -0.310 e. The molecular formula is C15H15ClF2N2S. The van der Waals surface area contributed by atoms with E-state index in [9.17, 15) is 8.78 Å². The van der Waals surface area contributed by atoms with Crippen molar-refractivity contribution < 1.29 is 8.78 Å². The number of hydrogen-bond donors (Lipinski definition) is 1. The van der Waals surface area contributed by atoms with E-state index in [1.807, 2.05) is 13.8 Å². The summed E-state index contributed by atoms with van der Waals surface area (Å²) in [5, 5.41) is 4.10. The van der Waals surface area contributed by atoms with Crippen molar-refractivity contribution in [2.45, 2.75) is 36.4 Å². The predicted octanol–water partition coefficient (Wildman–Crippen LogP) is 4.66. The number of benzene rings is 1. The zero-order valence-electron chi connectivity index (χ0n) is 11.7. The van der Waals surface area contributed by atoms with Crippen LogP contribution in [0.25, 0.3) is 0 Å². The highest BCUT2D eigenvalue weighted by molar-refractivity contribution is 7.99. The minimum absolute atomic E-state index is 0.0573. The summed E-state index contributed by atoms with van der Waals surface area (Å²) in [4.78, 5) is 3.97. The molecule has 6 heteroatoms. The molecule has 1 N–H and O–H groups in total. The molecule has 1 aromatic carbocycles. The number of nitrogens with one attached hydrogen (secondary N) is 1. The van der Waals surface area contributed by atoms with Crippen LogP contribution in [0, 0.1) is 11.6 Å². The lowest BCUT2D eigenvalue weighted by atomic mass is 10.2. The van der Waals surface area contributed by atoms with Gasteiger partial charge in [0.15, 0.2) is 0 Å². The van der Waals surface area contributed by atoms with E-state index in [-0.39, 0.29) is 10.9 Å². The molecule has 0 unspecified atom stereocenters. The van der Waals surface area contributed by atoms with Gasteiger partial charge in [-0.15, -0.1) is 0 Å². The third-order valence-electron chi connectivity index (χ3n) is 2.68. The Morgan fingerprint density at radius 2 is 1.90 bits per heavy atom. The highest BCUT2D eigenvalue weighted by atomic mass is 35.5.